The van der Waals surface area contributed by atoms with Gasteiger partial charge in [0.1, 0.15) is 5.82 Å². The van der Waals surface area contributed by atoms with E-state index in [1.165, 1.54) is 31.7 Å². The topological polar surface area (TPSA) is 12.0 Å². The Hall–Kier alpha value is -0.600. The molecule has 1 aromatic carbocycles. The molecule has 1 aromatic rings. The molecule has 0 bridgehead atoms. The summed E-state index contributed by atoms with van der Waals surface area (Å²) in [5.74, 6) is 0.751. The molecule has 16 heavy (non-hydrogen) atoms. The molecule has 0 aromatic heterocycles. The first-order valence-electron chi connectivity index (χ1n) is 5.91. The predicted molar refractivity (Wildman–Crippen MR) is 65.1 cm³/mol. The third-order valence-corrected chi connectivity index (χ3v) is 3.38. The molecule has 0 heterocycles. The van der Waals surface area contributed by atoms with Gasteiger partial charge in [-0.15, -0.1) is 0 Å². The summed E-state index contributed by atoms with van der Waals surface area (Å²) in [7, 11) is 0. The van der Waals surface area contributed by atoms with Crippen LogP contribution in [0.15, 0.2) is 18.2 Å². The maximum absolute atomic E-state index is 13.4. The van der Waals surface area contributed by atoms with Crippen molar-refractivity contribution in [2.45, 2.75) is 32.2 Å². The van der Waals surface area contributed by atoms with Crippen molar-refractivity contribution < 1.29 is 4.39 Å². The van der Waals surface area contributed by atoms with Gasteiger partial charge in [0.05, 0.1) is 0 Å². The van der Waals surface area contributed by atoms with Gasteiger partial charge < -0.3 is 5.32 Å². The number of hydrogen-bond acceptors (Lipinski definition) is 1. The second kappa shape index (κ2) is 5.65. The first-order chi connectivity index (χ1) is 7.77. The minimum Gasteiger partial charge on any atom is -0.313 e. The third kappa shape index (κ3) is 3.46. The molecule has 0 spiro atoms. The lowest BCUT2D eigenvalue weighted by Crippen LogP contribution is -2.16. The first kappa shape index (κ1) is 11.9. The molecule has 1 nitrogen and oxygen atoms in total. The van der Waals surface area contributed by atoms with Gasteiger partial charge in [-0.2, -0.15) is 0 Å². The zero-order valence-electron chi connectivity index (χ0n) is 9.31. The van der Waals surface area contributed by atoms with Crippen LogP contribution in [0.3, 0.4) is 0 Å². The molecule has 1 aliphatic carbocycles. The molecule has 2 rings (SSSR count). The lowest BCUT2D eigenvalue weighted by atomic mass is 10.2. The van der Waals surface area contributed by atoms with Gasteiger partial charge in [-0.1, -0.05) is 30.5 Å². The van der Waals surface area contributed by atoms with Crippen LogP contribution in [0.5, 0.6) is 0 Å². The lowest BCUT2D eigenvalue weighted by Gasteiger charge is -2.07. The second-order valence-corrected chi connectivity index (χ2v) is 4.87. The molecule has 0 saturated heterocycles. The maximum atomic E-state index is 13.4. The Morgan fingerprint density at radius 2 is 2.19 bits per heavy atom. The number of benzene rings is 1. The van der Waals surface area contributed by atoms with Gasteiger partial charge in [-0.25, -0.2) is 4.39 Å². The van der Waals surface area contributed by atoms with Gasteiger partial charge in [-0.05, 0) is 37.4 Å². The minimum atomic E-state index is -0.220. The number of hydrogen-bond donors (Lipinski definition) is 1. The quantitative estimate of drug-likeness (QED) is 0.748. The molecule has 3 heteroatoms. The first-order valence-corrected chi connectivity index (χ1v) is 6.29. The smallest absolute Gasteiger partial charge is 0.129 e. The molecule has 0 amide bonds. The SMILES string of the molecule is Fc1cccc(Cl)c1CNCCCC1CC1. The fraction of sp³-hybridized carbons (Fsp3) is 0.538. The molecule has 1 N–H and O–H groups in total. The minimum absolute atomic E-state index is 0.220. The van der Waals surface area contributed by atoms with Crippen molar-refractivity contribution >= 4 is 11.6 Å². The fourth-order valence-corrected chi connectivity index (χ4v) is 2.07. The summed E-state index contributed by atoms with van der Waals surface area (Å²) in [5.41, 5.74) is 0.579. The molecule has 1 aliphatic rings. The van der Waals surface area contributed by atoms with E-state index < -0.39 is 0 Å². The molecule has 1 fully saturated rings. The molecule has 0 atom stereocenters. The Morgan fingerprint density at radius 1 is 1.38 bits per heavy atom. The van der Waals surface area contributed by atoms with Gasteiger partial charge in [-0.3, -0.25) is 0 Å². The Balaban J connectivity index is 1.71. The molecular weight excluding hydrogens is 225 g/mol. The van der Waals surface area contributed by atoms with Crippen molar-refractivity contribution in [2.75, 3.05) is 6.54 Å². The average molecular weight is 242 g/mol. The monoisotopic (exact) mass is 241 g/mol. The Kier molecular flexibility index (Phi) is 4.19. The van der Waals surface area contributed by atoms with Crippen LogP contribution >= 0.6 is 11.6 Å². The van der Waals surface area contributed by atoms with Gasteiger partial charge in [0, 0.05) is 17.1 Å². The van der Waals surface area contributed by atoms with E-state index in [9.17, 15) is 4.39 Å². The van der Waals surface area contributed by atoms with Gasteiger partial charge in [0.2, 0.25) is 0 Å². The highest BCUT2D eigenvalue weighted by Gasteiger charge is 2.19. The summed E-state index contributed by atoms with van der Waals surface area (Å²) in [5, 5.41) is 3.75. The largest absolute Gasteiger partial charge is 0.313 e. The molecule has 0 radical (unpaired) electrons. The number of halogens is 2. The van der Waals surface area contributed by atoms with Crippen LogP contribution in [0.25, 0.3) is 0 Å². The zero-order chi connectivity index (χ0) is 11.4. The van der Waals surface area contributed by atoms with E-state index >= 15 is 0 Å². The van der Waals surface area contributed by atoms with Crippen molar-refractivity contribution in [3.8, 4) is 0 Å². The van der Waals surface area contributed by atoms with E-state index in [-0.39, 0.29) is 5.82 Å². The van der Waals surface area contributed by atoms with E-state index in [2.05, 4.69) is 5.32 Å². The van der Waals surface area contributed by atoms with Gasteiger partial charge >= 0.3 is 0 Å². The fourth-order valence-electron chi connectivity index (χ4n) is 1.84. The summed E-state index contributed by atoms with van der Waals surface area (Å²) in [4.78, 5) is 0. The van der Waals surface area contributed by atoms with E-state index in [1.807, 2.05) is 0 Å². The van der Waals surface area contributed by atoms with Crippen LogP contribution in [0.4, 0.5) is 4.39 Å². The molecular formula is C13H17ClFN. The molecule has 0 aliphatic heterocycles. The second-order valence-electron chi connectivity index (χ2n) is 4.46. The highest BCUT2D eigenvalue weighted by atomic mass is 35.5. The van der Waals surface area contributed by atoms with Crippen LogP contribution in [-0.2, 0) is 6.54 Å². The summed E-state index contributed by atoms with van der Waals surface area (Å²) in [6, 6.07) is 4.81. The van der Waals surface area contributed by atoms with Gasteiger partial charge in [0.15, 0.2) is 0 Å². The van der Waals surface area contributed by atoms with Crippen LogP contribution in [0.1, 0.15) is 31.2 Å². The summed E-state index contributed by atoms with van der Waals surface area (Å²) in [6.07, 6.45) is 5.28. The normalized spacial score (nSPS) is 15.4. The van der Waals surface area contributed by atoms with E-state index in [0.29, 0.717) is 17.1 Å². The van der Waals surface area contributed by atoms with Crippen molar-refractivity contribution in [3.05, 3.63) is 34.6 Å². The lowest BCUT2D eigenvalue weighted by molar-refractivity contribution is 0.565. The van der Waals surface area contributed by atoms with Crippen LogP contribution in [0, 0.1) is 11.7 Å². The highest BCUT2D eigenvalue weighted by molar-refractivity contribution is 6.31. The van der Waals surface area contributed by atoms with Crippen LogP contribution in [-0.4, -0.2) is 6.54 Å². The van der Waals surface area contributed by atoms with Crippen molar-refractivity contribution in [3.63, 3.8) is 0 Å². The maximum Gasteiger partial charge on any atom is 0.129 e. The average Bonchev–Trinajstić information content (AvgIpc) is 3.05. The van der Waals surface area contributed by atoms with Crippen molar-refractivity contribution in [1.29, 1.82) is 0 Å². The summed E-state index contributed by atoms with van der Waals surface area (Å²) < 4.78 is 13.4. The molecule has 1 saturated carbocycles. The third-order valence-electron chi connectivity index (χ3n) is 3.03. The Morgan fingerprint density at radius 3 is 2.88 bits per heavy atom. The van der Waals surface area contributed by atoms with Crippen LogP contribution in [0.2, 0.25) is 5.02 Å². The predicted octanol–water partition coefficient (Wildman–Crippen LogP) is 3.76. The van der Waals surface area contributed by atoms with E-state index in [1.54, 1.807) is 12.1 Å². The van der Waals surface area contributed by atoms with E-state index in [4.69, 9.17) is 11.6 Å². The van der Waals surface area contributed by atoms with Crippen molar-refractivity contribution in [2.24, 2.45) is 5.92 Å². The van der Waals surface area contributed by atoms with E-state index in [0.717, 1.165) is 12.5 Å². The van der Waals surface area contributed by atoms with Crippen LogP contribution < -0.4 is 5.32 Å². The van der Waals surface area contributed by atoms with Gasteiger partial charge in [0.25, 0.3) is 0 Å². The summed E-state index contributed by atoms with van der Waals surface area (Å²) in [6.45, 7) is 1.47. The summed E-state index contributed by atoms with van der Waals surface area (Å²) >= 11 is 5.92. The number of rotatable bonds is 6. The highest BCUT2D eigenvalue weighted by Crippen LogP contribution is 2.33. The molecule has 0 unspecified atom stereocenters. The number of nitrogens with one attached hydrogen (secondary N) is 1. The van der Waals surface area contributed by atoms with Crippen molar-refractivity contribution in [1.82, 2.24) is 5.32 Å². The molecule has 88 valence electrons. The Labute approximate surface area is 101 Å². The standard InChI is InChI=1S/C13H17ClFN/c14-12-4-1-5-13(15)11(12)9-16-8-2-3-10-6-7-10/h1,4-5,10,16H,2-3,6-9H2. The Bertz CT molecular complexity index is 330. The zero-order valence-corrected chi connectivity index (χ0v) is 10.1.